The van der Waals surface area contributed by atoms with Gasteiger partial charge in [0, 0.05) is 5.38 Å². The Morgan fingerprint density at radius 1 is 1.28 bits per heavy atom. The number of allylic oxidation sites excluding steroid dienone is 4. The van der Waals surface area contributed by atoms with Crippen molar-refractivity contribution in [2.75, 3.05) is 5.73 Å². The van der Waals surface area contributed by atoms with Gasteiger partial charge in [0.15, 0.2) is 16.6 Å². The molecule has 0 atom stereocenters. The van der Waals surface area contributed by atoms with Crippen LogP contribution in [0.2, 0.25) is 0 Å². The maximum atomic E-state index is 5.81. The van der Waals surface area contributed by atoms with Crippen LogP contribution in [0.15, 0.2) is 47.5 Å². The predicted octanol–water partition coefficient (Wildman–Crippen LogP) is 3.19. The molecule has 0 spiro atoms. The third-order valence-corrected chi connectivity index (χ3v) is 3.35. The second-order valence-corrected chi connectivity index (χ2v) is 4.82. The van der Waals surface area contributed by atoms with E-state index in [1.165, 1.54) is 17.6 Å². The number of anilines is 1. The molecule has 0 bridgehead atoms. The van der Waals surface area contributed by atoms with Gasteiger partial charge in [-0.1, -0.05) is 18.2 Å². The maximum absolute atomic E-state index is 5.81. The van der Waals surface area contributed by atoms with Crippen molar-refractivity contribution in [1.82, 2.24) is 4.98 Å². The summed E-state index contributed by atoms with van der Waals surface area (Å²) in [5.41, 5.74) is 7.45. The zero-order valence-electron chi connectivity index (χ0n) is 9.63. The Morgan fingerprint density at radius 3 is 2.89 bits per heavy atom. The number of aromatic nitrogens is 1. The first-order valence-corrected chi connectivity index (χ1v) is 6.52. The molecule has 2 heterocycles. The second kappa shape index (κ2) is 4.70. The summed E-state index contributed by atoms with van der Waals surface area (Å²) >= 11 is 1.38. The van der Waals surface area contributed by atoms with Crippen molar-refractivity contribution in [3.8, 4) is 0 Å². The van der Waals surface area contributed by atoms with Gasteiger partial charge in [-0.2, -0.15) is 0 Å². The maximum Gasteiger partial charge on any atom is 0.189 e. The minimum absolute atomic E-state index is 0.519. The molecule has 0 aromatic carbocycles. The van der Waals surface area contributed by atoms with Gasteiger partial charge in [-0.05, 0) is 18.4 Å². The zero-order valence-corrected chi connectivity index (χ0v) is 10.4. The number of nitrogens with two attached hydrogens (primary N) is 1. The smallest absolute Gasteiger partial charge is 0.189 e. The summed E-state index contributed by atoms with van der Waals surface area (Å²) in [4.78, 5) is 4.18. The molecule has 4 nitrogen and oxygen atoms in total. The summed E-state index contributed by atoms with van der Waals surface area (Å²) in [5.74, 6) is 1.33. The molecule has 0 unspecified atom stereocenters. The van der Waals surface area contributed by atoms with E-state index in [9.17, 15) is 0 Å². The highest BCUT2D eigenvalue weighted by Gasteiger charge is 2.17. The molecule has 3 rings (SSSR count). The van der Waals surface area contributed by atoms with Crippen LogP contribution in [-0.4, -0.2) is 4.98 Å². The van der Waals surface area contributed by atoms with E-state index in [1.54, 1.807) is 6.26 Å². The Kier molecular flexibility index (Phi) is 2.90. The molecule has 1 aliphatic carbocycles. The zero-order chi connectivity index (χ0) is 12.4. The number of nitrogen functional groups attached to an aromatic ring is 1. The summed E-state index contributed by atoms with van der Waals surface area (Å²) in [7, 11) is 0. The van der Waals surface area contributed by atoms with Crippen LogP contribution in [0.5, 0.6) is 0 Å². The van der Waals surface area contributed by atoms with Crippen molar-refractivity contribution in [2.45, 2.75) is 12.8 Å². The molecule has 0 amide bonds. The number of ether oxygens (including phenoxy) is 2. The molecular weight excluding hydrogens is 248 g/mol. The monoisotopic (exact) mass is 260 g/mol. The molecular formula is C13H12N2O2S. The largest absolute Gasteiger partial charge is 0.465 e. The first kappa shape index (κ1) is 11.1. The molecule has 92 valence electrons. The van der Waals surface area contributed by atoms with Gasteiger partial charge < -0.3 is 15.2 Å². The topological polar surface area (TPSA) is 57.4 Å². The van der Waals surface area contributed by atoms with E-state index in [2.05, 4.69) is 11.1 Å². The summed E-state index contributed by atoms with van der Waals surface area (Å²) < 4.78 is 11.1. The standard InChI is InChI=1S/C13H12N2O2S/c14-13-15-10(8-18-13)12-7-16-6-11(17-12)9-4-2-1-3-5-9/h1-2,4,6-8H,3,5H2,(H2,14,15). The lowest BCUT2D eigenvalue weighted by atomic mass is 10.0. The van der Waals surface area contributed by atoms with Crippen molar-refractivity contribution < 1.29 is 9.47 Å². The molecule has 2 aliphatic rings. The Morgan fingerprint density at radius 2 is 2.17 bits per heavy atom. The van der Waals surface area contributed by atoms with Crippen molar-refractivity contribution in [1.29, 1.82) is 0 Å². The Hall–Kier alpha value is -2.01. The van der Waals surface area contributed by atoms with Gasteiger partial charge in [-0.15, -0.1) is 11.3 Å². The van der Waals surface area contributed by atoms with Crippen LogP contribution < -0.4 is 5.73 Å². The average molecular weight is 260 g/mol. The molecule has 0 saturated carbocycles. The van der Waals surface area contributed by atoms with Gasteiger partial charge in [-0.25, -0.2) is 4.98 Å². The van der Waals surface area contributed by atoms with E-state index in [-0.39, 0.29) is 0 Å². The summed E-state index contributed by atoms with van der Waals surface area (Å²) in [6.45, 7) is 0. The van der Waals surface area contributed by atoms with E-state index >= 15 is 0 Å². The van der Waals surface area contributed by atoms with Crippen LogP contribution in [0.25, 0.3) is 5.76 Å². The summed E-state index contributed by atoms with van der Waals surface area (Å²) in [6, 6.07) is 0. The molecule has 0 radical (unpaired) electrons. The minimum Gasteiger partial charge on any atom is -0.465 e. The van der Waals surface area contributed by atoms with Gasteiger partial charge in [-0.3, -0.25) is 0 Å². The normalized spacial score (nSPS) is 18.3. The van der Waals surface area contributed by atoms with E-state index < -0.39 is 0 Å². The van der Waals surface area contributed by atoms with Crippen LogP contribution in [0.1, 0.15) is 18.5 Å². The van der Waals surface area contributed by atoms with Gasteiger partial charge in [0.05, 0.1) is 0 Å². The van der Waals surface area contributed by atoms with E-state index in [0.717, 1.165) is 24.2 Å². The lowest BCUT2D eigenvalue weighted by Gasteiger charge is -2.18. The first-order chi connectivity index (χ1) is 8.83. The lowest BCUT2D eigenvalue weighted by Crippen LogP contribution is -2.03. The fourth-order valence-electron chi connectivity index (χ4n) is 1.79. The van der Waals surface area contributed by atoms with Gasteiger partial charge in [0.25, 0.3) is 0 Å². The third kappa shape index (κ3) is 2.17. The first-order valence-electron chi connectivity index (χ1n) is 5.64. The third-order valence-electron chi connectivity index (χ3n) is 2.67. The molecule has 1 aromatic rings. The van der Waals surface area contributed by atoms with Crippen LogP contribution in [0.4, 0.5) is 5.13 Å². The fourth-order valence-corrected chi connectivity index (χ4v) is 2.34. The predicted molar refractivity (Wildman–Crippen MR) is 71.2 cm³/mol. The van der Waals surface area contributed by atoms with Crippen LogP contribution in [0.3, 0.4) is 0 Å². The highest BCUT2D eigenvalue weighted by molar-refractivity contribution is 7.13. The number of rotatable bonds is 2. The molecule has 2 N–H and O–H groups in total. The number of nitrogens with zero attached hydrogens (tertiary/aromatic N) is 1. The summed E-state index contributed by atoms with van der Waals surface area (Å²) in [5, 5.41) is 2.37. The molecule has 0 fully saturated rings. The molecule has 1 aromatic heterocycles. The Bertz CT molecular complexity index is 582. The Labute approximate surface area is 109 Å². The Balaban J connectivity index is 1.80. The second-order valence-electron chi connectivity index (χ2n) is 3.93. The summed E-state index contributed by atoms with van der Waals surface area (Å²) in [6.07, 6.45) is 11.3. The lowest BCUT2D eigenvalue weighted by molar-refractivity contribution is 0.284. The molecule has 1 aliphatic heterocycles. The van der Waals surface area contributed by atoms with Crippen molar-refractivity contribution in [3.63, 3.8) is 0 Å². The van der Waals surface area contributed by atoms with Gasteiger partial charge >= 0.3 is 0 Å². The minimum atomic E-state index is 0.519. The highest BCUT2D eigenvalue weighted by atomic mass is 32.1. The van der Waals surface area contributed by atoms with E-state index in [4.69, 9.17) is 15.2 Å². The molecule has 18 heavy (non-hydrogen) atoms. The number of hydrogen-bond donors (Lipinski definition) is 1. The van der Waals surface area contributed by atoms with Gasteiger partial charge in [0.2, 0.25) is 0 Å². The molecule has 0 saturated heterocycles. The van der Waals surface area contributed by atoms with Crippen LogP contribution in [0, 0.1) is 0 Å². The number of thiazole rings is 1. The van der Waals surface area contributed by atoms with Gasteiger partial charge in [0.1, 0.15) is 18.2 Å². The quantitative estimate of drug-likeness (QED) is 0.887. The fraction of sp³-hybridized carbons (Fsp3) is 0.154. The van der Waals surface area contributed by atoms with Crippen LogP contribution >= 0.6 is 11.3 Å². The SMILES string of the molecule is Nc1nc(C2=COC=C(C3=CC=CCC3)O2)cs1. The van der Waals surface area contributed by atoms with Crippen LogP contribution in [-0.2, 0) is 9.47 Å². The van der Waals surface area contributed by atoms with E-state index in [0.29, 0.717) is 16.6 Å². The molecule has 5 heteroatoms. The van der Waals surface area contributed by atoms with Crippen molar-refractivity contribution >= 4 is 22.2 Å². The average Bonchev–Trinajstić information content (AvgIpc) is 2.87. The van der Waals surface area contributed by atoms with Crippen molar-refractivity contribution in [3.05, 3.63) is 53.2 Å². The van der Waals surface area contributed by atoms with Crippen molar-refractivity contribution in [2.24, 2.45) is 0 Å². The number of hydrogen-bond acceptors (Lipinski definition) is 5. The highest BCUT2D eigenvalue weighted by Crippen LogP contribution is 2.30. The van der Waals surface area contributed by atoms with E-state index in [1.807, 2.05) is 17.5 Å².